The van der Waals surface area contributed by atoms with Crippen molar-refractivity contribution in [3.8, 4) is 5.75 Å². The van der Waals surface area contributed by atoms with Crippen LogP contribution >= 0.6 is 0 Å². The van der Waals surface area contributed by atoms with Crippen molar-refractivity contribution >= 4 is 0 Å². The molecule has 1 aromatic carbocycles. The van der Waals surface area contributed by atoms with Crippen molar-refractivity contribution in [2.24, 2.45) is 11.7 Å². The molecule has 1 aliphatic carbocycles. The summed E-state index contributed by atoms with van der Waals surface area (Å²) in [5, 5.41) is 0. The van der Waals surface area contributed by atoms with Gasteiger partial charge in [0.15, 0.2) is 0 Å². The van der Waals surface area contributed by atoms with E-state index in [0.717, 1.165) is 18.1 Å². The van der Waals surface area contributed by atoms with Gasteiger partial charge in [0.1, 0.15) is 5.75 Å². The molecule has 88 valence electrons. The van der Waals surface area contributed by atoms with Crippen molar-refractivity contribution in [3.63, 3.8) is 0 Å². The highest BCUT2D eigenvalue weighted by Crippen LogP contribution is 2.29. The van der Waals surface area contributed by atoms with Crippen molar-refractivity contribution in [1.82, 2.24) is 0 Å². The van der Waals surface area contributed by atoms with Crippen molar-refractivity contribution in [1.29, 1.82) is 0 Å². The van der Waals surface area contributed by atoms with Crippen LogP contribution in [0.2, 0.25) is 0 Å². The predicted molar refractivity (Wildman–Crippen MR) is 66.6 cm³/mol. The minimum atomic E-state index is 0.246. The van der Waals surface area contributed by atoms with Gasteiger partial charge in [-0.05, 0) is 56.7 Å². The molecule has 2 nitrogen and oxygen atoms in total. The highest BCUT2D eigenvalue weighted by molar-refractivity contribution is 5.27. The minimum absolute atomic E-state index is 0.246. The third-order valence-electron chi connectivity index (χ3n) is 3.09. The lowest BCUT2D eigenvalue weighted by molar-refractivity contribution is 0.242. The molecular weight excluding hydrogens is 198 g/mol. The van der Waals surface area contributed by atoms with Gasteiger partial charge in [0.05, 0.1) is 6.10 Å². The van der Waals surface area contributed by atoms with Gasteiger partial charge >= 0.3 is 0 Å². The van der Waals surface area contributed by atoms with E-state index in [-0.39, 0.29) is 6.10 Å². The van der Waals surface area contributed by atoms with Crippen LogP contribution in [-0.2, 0) is 6.42 Å². The van der Waals surface area contributed by atoms with Gasteiger partial charge in [-0.25, -0.2) is 0 Å². The molecule has 1 aliphatic rings. The van der Waals surface area contributed by atoms with Gasteiger partial charge in [-0.2, -0.15) is 0 Å². The molecule has 0 atom stereocenters. The van der Waals surface area contributed by atoms with Crippen LogP contribution in [0.15, 0.2) is 24.3 Å². The van der Waals surface area contributed by atoms with Crippen LogP contribution in [0, 0.1) is 5.92 Å². The summed E-state index contributed by atoms with van der Waals surface area (Å²) in [6, 6.07) is 8.92. The lowest BCUT2D eigenvalue weighted by Crippen LogP contribution is -2.37. The van der Waals surface area contributed by atoms with E-state index in [0.29, 0.717) is 6.04 Å². The van der Waals surface area contributed by atoms with E-state index in [4.69, 9.17) is 10.5 Å². The van der Waals surface area contributed by atoms with Crippen molar-refractivity contribution < 1.29 is 4.74 Å². The fourth-order valence-electron chi connectivity index (χ4n) is 2.26. The lowest BCUT2D eigenvalue weighted by Gasteiger charge is -2.32. The Balaban J connectivity index is 1.87. The maximum absolute atomic E-state index is 5.78. The van der Waals surface area contributed by atoms with Gasteiger partial charge in [-0.15, -0.1) is 0 Å². The van der Waals surface area contributed by atoms with E-state index in [2.05, 4.69) is 24.3 Å². The Morgan fingerprint density at radius 2 is 1.88 bits per heavy atom. The molecule has 0 saturated heterocycles. The first kappa shape index (κ1) is 11.5. The van der Waals surface area contributed by atoms with Gasteiger partial charge in [-0.3, -0.25) is 0 Å². The Bertz CT molecular complexity index is 325. The average Bonchev–Trinajstić information content (AvgIpc) is 2.18. The number of benzene rings is 1. The zero-order valence-corrected chi connectivity index (χ0v) is 10.1. The topological polar surface area (TPSA) is 35.2 Å². The summed E-state index contributed by atoms with van der Waals surface area (Å²) in [4.78, 5) is 0. The molecule has 0 radical (unpaired) electrons. The number of rotatable bonds is 4. The Labute approximate surface area is 97.8 Å². The maximum atomic E-state index is 5.78. The molecule has 0 spiro atoms. The van der Waals surface area contributed by atoms with Crippen molar-refractivity contribution in [2.45, 2.75) is 45.3 Å². The van der Waals surface area contributed by atoms with Crippen LogP contribution < -0.4 is 10.5 Å². The van der Waals surface area contributed by atoms with Crippen LogP contribution in [0.3, 0.4) is 0 Å². The molecule has 0 aliphatic heterocycles. The molecule has 2 rings (SSSR count). The zero-order chi connectivity index (χ0) is 11.5. The number of ether oxygens (including phenoxy) is 1. The fourth-order valence-corrected chi connectivity index (χ4v) is 2.26. The average molecular weight is 219 g/mol. The van der Waals surface area contributed by atoms with E-state index in [9.17, 15) is 0 Å². The molecule has 16 heavy (non-hydrogen) atoms. The molecular formula is C14H21NO. The molecule has 0 amide bonds. The number of hydrogen-bond acceptors (Lipinski definition) is 2. The van der Waals surface area contributed by atoms with Gasteiger partial charge in [-0.1, -0.05) is 12.1 Å². The lowest BCUT2D eigenvalue weighted by atomic mass is 9.77. The molecule has 2 N–H and O–H groups in total. The Kier molecular flexibility index (Phi) is 3.49. The monoisotopic (exact) mass is 219 g/mol. The second-order valence-corrected chi connectivity index (χ2v) is 5.11. The first-order chi connectivity index (χ1) is 7.63. The molecule has 1 aromatic rings. The summed E-state index contributed by atoms with van der Waals surface area (Å²) in [5.41, 5.74) is 7.18. The summed E-state index contributed by atoms with van der Waals surface area (Å²) in [7, 11) is 0. The molecule has 0 aromatic heterocycles. The maximum Gasteiger partial charge on any atom is 0.119 e. The van der Waals surface area contributed by atoms with Crippen molar-refractivity contribution in [2.75, 3.05) is 0 Å². The predicted octanol–water partition coefficient (Wildman–Crippen LogP) is 2.75. The van der Waals surface area contributed by atoms with Crippen LogP contribution in [-0.4, -0.2) is 12.1 Å². The SMILES string of the molecule is CC(C)Oc1ccc(CC2CC(N)C2)cc1. The highest BCUT2D eigenvalue weighted by Gasteiger charge is 2.25. The summed E-state index contributed by atoms with van der Waals surface area (Å²) in [6.07, 6.45) is 3.78. The first-order valence-corrected chi connectivity index (χ1v) is 6.14. The van der Waals surface area contributed by atoms with Gasteiger partial charge in [0.25, 0.3) is 0 Å². The zero-order valence-electron chi connectivity index (χ0n) is 10.1. The van der Waals surface area contributed by atoms with Gasteiger partial charge in [0.2, 0.25) is 0 Å². The van der Waals surface area contributed by atoms with E-state index < -0.39 is 0 Å². The smallest absolute Gasteiger partial charge is 0.119 e. The first-order valence-electron chi connectivity index (χ1n) is 6.14. The van der Waals surface area contributed by atoms with E-state index in [1.165, 1.54) is 18.4 Å². The molecule has 0 bridgehead atoms. The Hall–Kier alpha value is -1.02. The van der Waals surface area contributed by atoms with Crippen LogP contribution in [0.25, 0.3) is 0 Å². The quantitative estimate of drug-likeness (QED) is 0.845. The third-order valence-corrected chi connectivity index (χ3v) is 3.09. The Morgan fingerprint density at radius 1 is 1.25 bits per heavy atom. The molecule has 2 heteroatoms. The highest BCUT2D eigenvalue weighted by atomic mass is 16.5. The number of nitrogens with two attached hydrogens (primary N) is 1. The van der Waals surface area contributed by atoms with Gasteiger partial charge < -0.3 is 10.5 Å². The normalized spacial score (nSPS) is 24.2. The van der Waals surface area contributed by atoms with E-state index in [1.807, 2.05) is 13.8 Å². The van der Waals surface area contributed by atoms with Gasteiger partial charge in [0, 0.05) is 6.04 Å². The summed E-state index contributed by atoms with van der Waals surface area (Å²) in [5.74, 6) is 1.76. The largest absolute Gasteiger partial charge is 0.491 e. The second kappa shape index (κ2) is 4.88. The van der Waals surface area contributed by atoms with E-state index >= 15 is 0 Å². The number of hydrogen-bond donors (Lipinski definition) is 1. The summed E-state index contributed by atoms with van der Waals surface area (Å²) >= 11 is 0. The third kappa shape index (κ3) is 2.99. The van der Waals surface area contributed by atoms with Crippen molar-refractivity contribution in [3.05, 3.63) is 29.8 Å². The van der Waals surface area contributed by atoms with Crippen LogP contribution in [0.4, 0.5) is 0 Å². The summed E-state index contributed by atoms with van der Waals surface area (Å²) in [6.45, 7) is 4.09. The molecule has 1 saturated carbocycles. The standard InChI is InChI=1S/C14H21NO/c1-10(2)16-14-5-3-11(4-6-14)7-12-8-13(15)9-12/h3-6,10,12-13H,7-9,15H2,1-2H3. The minimum Gasteiger partial charge on any atom is -0.491 e. The van der Waals surface area contributed by atoms with Crippen LogP contribution in [0.1, 0.15) is 32.3 Å². The fraction of sp³-hybridized carbons (Fsp3) is 0.571. The Morgan fingerprint density at radius 3 is 2.38 bits per heavy atom. The second-order valence-electron chi connectivity index (χ2n) is 5.11. The van der Waals surface area contributed by atoms with Crippen LogP contribution in [0.5, 0.6) is 5.75 Å². The molecule has 0 heterocycles. The van der Waals surface area contributed by atoms with E-state index in [1.54, 1.807) is 0 Å². The molecule has 1 fully saturated rings. The molecule has 0 unspecified atom stereocenters. The summed E-state index contributed by atoms with van der Waals surface area (Å²) < 4.78 is 5.61.